The van der Waals surface area contributed by atoms with Gasteiger partial charge in [-0.15, -0.1) is 0 Å². The lowest BCUT2D eigenvalue weighted by Gasteiger charge is -2.10. The van der Waals surface area contributed by atoms with Crippen LogP contribution in [0.1, 0.15) is 30.9 Å². The predicted octanol–water partition coefficient (Wildman–Crippen LogP) is 1.70. The first-order valence-electron chi connectivity index (χ1n) is 6.31. The number of sulfonamides is 1. The lowest BCUT2D eigenvalue weighted by atomic mass is 10.1. The van der Waals surface area contributed by atoms with Crippen molar-refractivity contribution < 1.29 is 17.9 Å². The molecule has 2 N–H and O–H groups in total. The van der Waals surface area contributed by atoms with Crippen molar-refractivity contribution in [3.8, 4) is 0 Å². The van der Waals surface area contributed by atoms with Gasteiger partial charge in [-0.2, -0.15) is 0 Å². The predicted molar refractivity (Wildman–Crippen MR) is 69.6 cm³/mol. The van der Waals surface area contributed by atoms with Gasteiger partial charge in [0.1, 0.15) is 5.82 Å². The summed E-state index contributed by atoms with van der Waals surface area (Å²) >= 11 is 0. The average molecular weight is 287 g/mol. The Morgan fingerprint density at radius 3 is 2.68 bits per heavy atom. The van der Waals surface area contributed by atoms with E-state index in [-0.39, 0.29) is 22.1 Å². The third kappa shape index (κ3) is 2.96. The normalized spacial score (nSPS) is 22.5. The topological polar surface area (TPSA) is 66.4 Å². The number of benzene rings is 1. The minimum Gasteiger partial charge on any atom is -0.392 e. The SMILES string of the molecule is CCC1CC1NS(=O)(=O)c1cc(C)c(F)c(CO)c1. The van der Waals surface area contributed by atoms with E-state index in [0.29, 0.717) is 5.92 Å². The summed E-state index contributed by atoms with van der Waals surface area (Å²) in [6.07, 6.45) is 1.79. The summed E-state index contributed by atoms with van der Waals surface area (Å²) in [4.78, 5) is 0.0113. The van der Waals surface area contributed by atoms with E-state index in [9.17, 15) is 12.8 Å². The lowest BCUT2D eigenvalue weighted by Crippen LogP contribution is -2.27. The van der Waals surface area contributed by atoms with E-state index in [0.717, 1.165) is 12.8 Å². The van der Waals surface area contributed by atoms with Gasteiger partial charge in [-0.05, 0) is 37.0 Å². The summed E-state index contributed by atoms with van der Waals surface area (Å²) in [6.45, 7) is 2.99. The van der Waals surface area contributed by atoms with E-state index in [1.54, 1.807) is 0 Å². The molecular formula is C13H18FNO3S. The van der Waals surface area contributed by atoms with Gasteiger partial charge in [0, 0.05) is 11.6 Å². The largest absolute Gasteiger partial charge is 0.392 e. The monoisotopic (exact) mass is 287 g/mol. The summed E-state index contributed by atoms with van der Waals surface area (Å²) in [5.74, 6) is -0.159. The molecule has 0 saturated heterocycles. The molecule has 0 aromatic heterocycles. The van der Waals surface area contributed by atoms with Gasteiger partial charge in [0.05, 0.1) is 11.5 Å². The molecule has 0 radical (unpaired) electrons. The number of hydrogen-bond acceptors (Lipinski definition) is 3. The maximum absolute atomic E-state index is 13.6. The molecule has 0 aliphatic heterocycles. The van der Waals surface area contributed by atoms with Crippen LogP contribution in [0.3, 0.4) is 0 Å². The molecule has 1 aromatic carbocycles. The third-order valence-electron chi connectivity index (χ3n) is 3.54. The second-order valence-electron chi connectivity index (χ2n) is 5.00. The van der Waals surface area contributed by atoms with E-state index in [1.807, 2.05) is 6.92 Å². The van der Waals surface area contributed by atoms with E-state index < -0.39 is 22.4 Å². The van der Waals surface area contributed by atoms with Crippen LogP contribution in [0.4, 0.5) is 4.39 Å². The van der Waals surface area contributed by atoms with Crippen LogP contribution in [0.15, 0.2) is 17.0 Å². The van der Waals surface area contributed by atoms with E-state index >= 15 is 0 Å². The molecule has 2 rings (SSSR count). The minimum absolute atomic E-state index is 0.00298. The lowest BCUT2D eigenvalue weighted by molar-refractivity contribution is 0.275. The molecule has 1 saturated carbocycles. The second kappa shape index (κ2) is 5.19. The summed E-state index contributed by atoms with van der Waals surface area (Å²) in [5.41, 5.74) is 0.220. The van der Waals surface area contributed by atoms with Crippen molar-refractivity contribution in [3.05, 3.63) is 29.1 Å². The zero-order valence-corrected chi connectivity index (χ0v) is 11.8. The Balaban J connectivity index is 2.28. The summed E-state index contributed by atoms with van der Waals surface area (Å²) in [5, 5.41) is 9.05. The molecule has 0 amide bonds. The third-order valence-corrected chi connectivity index (χ3v) is 5.01. The van der Waals surface area contributed by atoms with Crippen molar-refractivity contribution >= 4 is 10.0 Å². The maximum Gasteiger partial charge on any atom is 0.240 e. The zero-order chi connectivity index (χ0) is 14.2. The van der Waals surface area contributed by atoms with E-state index in [2.05, 4.69) is 4.72 Å². The molecule has 1 aromatic rings. The summed E-state index contributed by atoms with van der Waals surface area (Å²) in [6, 6.07) is 2.46. The highest BCUT2D eigenvalue weighted by atomic mass is 32.2. The molecule has 1 aliphatic rings. The fourth-order valence-corrected chi connectivity index (χ4v) is 3.64. The Hall–Kier alpha value is -0.980. The van der Waals surface area contributed by atoms with Crippen molar-refractivity contribution in [1.82, 2.24) is 4.72 Å². The molecule has 2 atom stereocenters. The van der Waals surface area contributed by atoms with E-state index in [4.69, 9.17) is 5.11 Å². The van der Waals surface area contributed by atoms with Crippen LogP contribution < -0.4 is 4.72 Å². The molecule has 2 unspecified atom stereocenters. The fraction of sp³-hybridized carbons (Fsp3) is 0.538. The van der Waals surface area contributed by atoms with Gasteiger partial charge in [0.2, 0.25) is 10.0 Å². The van der Waals surface area contributed by atoms with Gasteiger partial charge < -0.3 is 5.11 Å². The number of aliphatic hydroxyl groups excluding tert-OH is 1. The highest BCUT2D eigenvalue weighted by Gasteiger charge is 2.38. The van der Waals surface area contributed by atoms with E-state index in [1.165, 1.54) is 19.1 Å². The zero-order valence-electron chi connectivity index (χ0n) is 11.0. The Labute approximate surface area is 112 Å². The molecule has 0 spiro atoms. The van der Waals surface area contributed by atoms with Crippen molar-refractivity contribution in [3.63, 3.8) is 0 Å². The van der Waals surface area contributed by atoms with Crippen LogP contribution in [-0.2, 0) is 16.6 Å². The second-order valence-corrected chi connectivity index (χ2v) is 6.72. The molecular weight excluding hydrogens is 269 g/mol. The van der Waals surface area contributed by atoms with Crippen LogP contribution >= 0.6 is 0 Å². The number of hydrogen-bond donors (Lipinski definition) is 2. The van der Waals surface area contributed by atoms with Crippen LogP contribution in [0.5, 0.6) is 0 Å². The van der Waals surface area contributed by atoms with Gasteiger partial charge in [-0.1, -0.05) is 13.3 Å². The number of nitrogens with one attached hydrogen (secondary N) is 1. The Morgan fingerprint density at radius 2 is 2.16 bits per heavy atom. The molecule has 19 heavy (non-hydrogen) atoms. The van der Waals surface area contributed by atoms with Crippen molar-refractivity contribution in [2.45, 2.75) is 44.2 Å². The first kappa shape index (κ1) is 14.4. The molecule has 0 bridgehead atoms. The van der Waals surface area contributed by atoms with Gasteiger partial charge in [-0.3, -0.25) is 0 Å². The van der Waals surface area contributed by atoms with Gasteiger partial charge in [0.25, 0.3) is 0 Å². The minimum atomic E-state index is -3.64. The van der Waals surface area contributed by atoms with Crippen molar-refractivity contribution in [2.75, 3.05) is 0 Å². The van der Waals surface area contributed by atoms with Gasteiger partial charge in [-0.25, -0.2) is 17.5 Å². The van der Waals surface area contributed by atoms with Crippen LogP contribution in [0.2, 0.25) is 0 Å². The number of rotatable bonds is 5. The van der Waals surface area contributed by atoms with Crippen molar-refractivity contribution in [2.24, 2.45) is 5.92 Å². The maximum atomic E-state index is 13.6. The number of aryl methyl sites for hydroxylation is 1. The Bertz CT molecular complexity index is 586. The highest BCUT2D eigenvalue weighted by Crippen LogP contribution is 2.34. The average Bonchev–Trinajstić information content (AvgIpc) is 3.09. The summed E-state index contributed by atoms with van der Waals surface area (Å²) < 4.78 is 40.5. The van der Waals surface area contributed by atoms with Crippen LogP contribution in [0.25, 0.3) is 0 Å². The first-order valence-corrected chi connectivity index (χ1v) is 7.79. The van der Waals surface area contributed by atoms with Gasteiger partial charge in [0.15, 0.2) is 0 Å². The standard InChI is InChI=1S/C13H18FNO3S/c1-3-9-6-12(9)15-19(17,18)11-4-8(2)13(14)10(5-11)7-16/h4-5,9,12,15-16H,3,6-7H2,1-2H3. The Morgan fingerprint density at radius 1 is 1.47 bits per heavy atom. The smallest absolute Gasteiger partial charge is 0.240 e. The first-order chi connectivity index (χ1) is 8.89. The number of halogens is 1. The number of aliphatic hydroxyl groups is 1. The van der Waals surface area contributed by atoms with Crippen molar-refractivity contribution in [1.29, 1.82) is 0 Å². The molecule has 4 nitrogen and oxygen atoms in total. The quantitative estimate of drug-likeness (QED) is 0.866. The summed E-state index contributed by atoms with van der Waals surface area (Å²) in [7, 11) is -3.64. The van der Waals surface area contributed by atoms with Gasteiger partial charge >= 0.3 is 0 Å². The molecule has 106 valence electrons. The molecule has 6 heteroatoms. The van der Waals surface area contributed by atoms with Crippen LogP contribution in [-0.4, -0.2) is 19.6 Å². The molecule has 1 fully saturated rings. The molecule has 0 heterocycles. The highest BCUT2D eigenvalue weighted by molar-refractivity contribution is 7.89. The molecule has 1 aliphatic carbocycles. The fourth-order valence-electron chi connectivity index (χ4n) is 2.19. The van der Waals surface area contributed by atoms with Crippen LogP contribution in [0, 0.1) is 18.7 Å². The Kier molecular flexibility index (Phi) is 3.94.